The maximum absolute atomic E-state index is 12.4. The molecule has 0 spiro atoms. The molecule has 114 valence electrons. The van der Waals surface area contributed by atoms with Gasteiger partial charge in [0.05, 0.1) is 5.69 Å². The van der Waals surface area contributed by atoms with Crippen molar-refractivity contribution >= 4 is 10.2 Å². The number of rotatable bonds is 4. The van der Waals surface area contributed by atoms with Crippen LogP contribution in [0.2, 0.25) is 0 Å². The first-order chi connectivity index (χ1) is 9.33. The molecular weight excluding hydrogens is 276 g/mol. The number of hydrogen-bond donors (Lipinski definition) is 1. The summed E-state index contributed by atoms with van der Waals surface area (Å²) in [6.07, 6.45) is 3.00. The topological polar surface area (TPSA) is 67.2 Å². The maximum atomic E-state index is 12.4. The van der Waals surface area contributed by atoms with Crippen LogP contribution in [0.1, 0.15) is 49.2 Å². The Balaban J connectivity index is 2.16. The van der Waals surface area contributed by atoms with E-state index in [9.17, 15) is 8.42 Å². The van der Waals surface area contributed by atoms with Crippen LogP contribution in [0, 0.1) is 13.8 Å². The fourth-order valence-electron chi connectivity index (χ4n) is 2.88. The molecule has 1 aromatic heterocycles. The lowest BCUT2D eigenvalue weighted by molar-refractivity contribution is 0.339. The Morgan fingerprint density at radius 3 is 2.30 bits per heavy atom. The van der Waals surface area contributed by atoms with E-state index in [0.717, 1.165) is 36.2 Å². The molecule has 0 saturated carbocycles. The zero-order valence-electron chi connectivity index (χ0n) is 12.7. The molecule has 1 saturated heterocycles. The summed E-state index contributed by atoms with van der Waals surface area (Å²) in [4.78, 5) is 0. The van der Waals surface area contributed by atoms with Crippen molar-refractivity contribution in [3.63, 3.8) is 0 Å². The molecule has 1 N–H and O–H groups in total. The second-order valence-electron chi connectivity index (χ2n) is 5.51. The molecular formula is C13H24N4O2S. The van der Waals surface area contributed by atoms with Crippen LogP contribution in [-0.2, 0) is 17.3 Å². The average molecular weight is 300 g/mol. The Kier molecular flexibility index (Phi) is 4.51. The van der Waals surface area contributed by atoms with Crippen LogP contribution in [0.3, 0.4) is 0 Å². The Bertz CT molecular complexity index is 573. The van der Waals surface area contributed by atoms with Gasteiger partial charge in [0.25, 0.3) is 10.2 Å². The van der Waals surface area contributed by atoms with Crippen molar-refractivity contribution in [3.8, 4) is 0 Å². The zero-order chi connectivity index (χ0) is 14.9. The van der Waals surface area contributed by atoms with E-state index >= 15 is 0 Å². The SMILES string of the molecule is Cc1nn(C)c(C)c1C(C)NS(=O)(=O)N1CCCCC1. The monoisotopic (exact) mass is 300 g/mol. The first kappa shape index (κ1) is 15.5. The largest absolute Gasteiger partial charge is 0.279 e. The Morgan fingerprint density at radius 2 is 1.80 bits per heavy atom. The zero-order valence-corrected chi connectivity index (χ0v) is 13.5. The van der Waals surface area contributed by atoms with Gasteiger partial charge in [-0.05, 0) is 33.6 Å². The Morgan fingerprint density at radius 1 is 1.20 bits per heavy atom. The quantitative estimate of drug-likeness (QED) is 0.914. The molecule has 1 aliphatic heterocycles. The minimum absolute atomic E-state index is 0.268. The van der Waals surface area contributed by atoms with Crippen molar-refractivity contribution in [2.75, 3.05) is 13.1 Å². The number of piperidine rings is 1. The second-order valence-corrected chi connectivity index (χ2v) is 7.21. The Labute approximate surface area is 121 Å². The summed E-state index contributed by atoms with van der Waals surface area (Å²) in [5, 5.41) is 4.34. The van der Waals surface area contributed by atoms with Gasteiger partial charge in [-0.3, -0.25) is 4.68 Å². The third-order valence-corrected chi connectivity index (χ3v) is 5.68. The third kappa shape index (κ3) is 3.05. The molecule has 0 aromatic carbocycles. The van der Waals surface area contributed by atoms with E-state index in [2.05, 4.69) is 9.82 Å². The molecule has 1 atom stereocenters. The second kappa shape index (κ2) is 5.83. The standard InChI is InChI=1S/C13H24N4O2S/c1-10-13(12(3)16(4)14-10)11(2)15-20(18,19)17-8-6-5-7-9-17/h11,15H,5-9H2,1-4H3. The van der Waals surface area contributed by atoms with Gasteiger partial charge in [0, 0.05) is 37.4 Å². The third-order valence-electron chi connectivity index (χ3n) is 3.98. The summed E-state index contributed by atoms with van der Waals surface area (Å²) < 4.78 is 30.9. The van der Waals surface area contributed by atoms with Gasteiger partial charge in [0.15, 0.2) is 0 Å². The highest BCUT2D eigenvalue weighted by Crippen LogP contribution is 2.22. The van der Waals surface area contributed by atoms with Crippen molar-refractivity contribution in [3.05, 3.63) is 17.0 Å². The number of nitrogens with one attached hydrogen (secondary N) is 1. The van der Waals surface area contributed by atoms with Gasteiger partial charge < -0.3 is 0 Å². The summed E-state index contributed by atoms with van der Waals surface area (Å²) >= 11 is 0. The van der Waals surface area contributed by atoms with Crippen LogP contribution in [0.25, 0.3) is 0 Å². The molecule has 1 aliphatic rings. The van der Waals surface area contributed by atoms with Gasteiger partial charge >= 0.3 is 0 Å². The fourth-order valence-corrected chi connectivity index (χ4v) is 4.33. The number of hydrogen-bond acceptors (Lipinski definition) is 3. The van der Waals surface area contributed by atoms with E-state index in [1.165, 1.54) is 0 Å². The van der Waals surface area contributed by atoms with E-state index in [1.54, 1.807) is 8.99 Å². The van der Waals surface area contributed by atoms with Crippen LogP contribution in [0.15, 0.2) is 0 Å². The molecule has 2 heterocycles. The highest BCUT2D eigenvalue weighted by Gasteiger charge is 2.27. The van der Waals surface area contributed by atoms with E-state index in [4.69, 9.17) is 0 Å². The molecule has 20 heavy (non-hydrogen) atoms. The number of nitrogens with zero attached hydrogens (tertiary/aromatic N) is 3. The summed E-state index contributed by atoms with van der Waals surface area (Å²) in [6, 6.07) is -0.268. The highest BCUT2D eigenvalue weighted by atomic mass is 32.2. The van der Waals surface area contributed by atoms with Gasteiger partial charge in [-0.2, -0.15) is 22.5 Å². The summed E-state index contributed by atoms with van der Waals surface area (Å²) in [5.74, 6) is 0. The molecule has 1 aromatic rings. The van der Waals surface area contributed by atoms with Crippen molar-refractivity contribution in [2.45, 2.75) is 46.1 Å². The van der Waals surface area contributed by atoms with Crippen LogP contribution in [0.4, 0.5) is 0 Å². The van der Waals surface area contributed by atoms with Crippen LogP contribution >= 0.6 is 0 Å². The summed E-state index contributed by atoms with van der Waals surface area (Å²) in [5.41, 5.74) is 2.84. The summed E-state index contributed by atoms with van der Waals surface area (Å²) in [7, 11) is -1.54. The minimum atomic E-state index is -3.41. The molecule has 6 nitrogen and oxygen atoms in total. The number of aryl methyl sites for hydroxylation is 2. The molecule has 2 rings (SSSR count). The first-order valence-corrected chi connectivity index (χ1v) is 8.54. The van der Waals surface area contributed by atoms with Gasteiger partial charge in [-0.15, -0.1) is 0 Å². The molecule has 0 amide bonds. The van der Waals surface area contributed by atoms with Crippen molar-refractivity contribution in [1.29, 1.82) is 0 Å². The van der Waals surface area contributed by atoms with E-state index in [-0.39, 0.29) is 6.04 Å². The lowest BCUT2D eigenvalue weighted by atomic mass is 10.1. The van der Waals surface area contributed by atoms with Crippen molar-refractivity contribution < 1.29 is 8.42 Å². The molecule has 0 bridgehead atoms. The first-order valence-electron chi connectivity index (χ1n) is 7.10. The van der Waals surface area contributed by atoms with Gasteiger partial charge in [-0.25, -0.2) is 0 Å². The normalized spacial score (nSPS) is 19.2. The van der Waals surface area contributed by atoms with Crippen LogP contribution in [0.5, 0.6) is 0 Å². The molecule has 1 unspecified atom stereocenters. The van der Waals surface area contributed by atoms with Gasteiger partial charge in [0.2, 0.25) is 0 Å². The number of aromatic nitrogens is 2. The van der Waals surface area contributed by atoms with Crippen molar-refractivity contribution in [1.82, 2.24) is 18.8 Å². The van der Waals surface area contributed by atoms with Crippen LogP contribution in [-0.4, -0.2) is 35.6 Å². The smallest absolute Gasteiger partial charge is 0.272 e. The predicted molar refractivity (Wildman–Crippen MR) is 78.6 cm³/mol. The lowest BCUT2D eigenvalue weighted by Crippen LogP contribution is -2.44. The maximum Gasteiger partial charge on any atom is 0.279 e. The van der Waals surface area contributed by atoms with Gasteiger partial charge in [-0.1, -0.05) is 6.42 Å². The van der Waals surface area contributed by atoms with E-state index < -0.39 is 10.2 Å². The molecule has 1 fully saturated rings. The molecule has 0 radical (unpaired) electrons. The fraction of sp³-hybridized carbons (Fsp3) is 0.769. The highest BCUT2D eigenvalue weighted by molar-refractivity contribution is 7.87. The average Bonchev–Trinajstić information content (AvgIpc) is 2.63. The minimum Gasteiger partial charge on any atom is -0.272 e. The van der Waals surface area contributed by atoms with Crippen molar-refractivity contribution in [2.24, 2.45) is 7.05 Å². The predicted octanol–water partition coefficient (Wildman–Crippen LogP) is 1.42. The van der Waals surface area contributed by atoms with Crippen LogP contribution < -0.4 is 4.72 Å². The molecule has 0 aliphatic carbocycles. The van der Waals surface area contributed by atoms with E-state index in [1.807, 2.05) is 27.8 Å². The lowest BCUT2D eigenvalue weighted by Gasteiger charge is -2.27. The molecule has 7 heteroatoms. The van der Waals surface area contributed by atoms with Gasteiger partial charge in [0.1, 0.15) is 0 Å². The summed E-state index contributed by atoms with van der Waals surface area (Å²) in [6.45, 7) is 6.98. The Hall–Kier alpha value is -0.920. The van der Waals surface area contributed by atoms with E-state index in [0.29, 0.717) is 13.1 Å².